The molecule has 1 aliphatic heterocycles. The molecular weight excluding hydrogens is 791 g/mol. The molecule has 0 saturated carbocycles. The Bertz CT molecular complexity index is 2730. The molecule has 2 aromatic carbocycles. The highest BCUT2D eigenvalue weighted by Crippen LogP contribution is 2.37. The van der Waals surface area contributed by atoms with Crippen LogP contribution in [-0.2, 0) is 9.31 Å². The normalized spacial score (nSPS) is 14.2. The summed E-state index contributed by atoms with van der Waals surface area (Å²) in [6.07, 6.45) is 10.5. The lowest BCUT2D eigenvalue weighted by Crippen LogP contribution is -2.41. The molecule has 14 heteroatoms. The van der Waals surface area contributed by atoms with Crippen LogP contribution in [0.2, 0.25) is 0 Å². The predicted molar refractivity (Wildman–Crippen MR) is 236 cm³/mol. The van der Waals surface area contributed by atoms with E-state index in [9.17, 15) is 0 Å². The summed E-state index contributed by atoms with van der Waals surface area (Å²) in [5, 5.41) is 11.2. The van der Waals surface area contributed by atoms with Crippen LogP contribution in [0.1, 0.15) is 50.2 Å². The van der Waals surface area contributed by atoms with E-state index in [4.69, 9.17) is 20.8 Å². The van der Waals surface area contributed by atoms with Gasteiger partial charge in [0.2, 0.25) is 0 Å². The maximum atomic E-state index is 6.25. The van der Waals surface area contributed by atoms with Crippen LogP contribution in [0.15, 0.2) is 114 Å². The van der Waals surface area contributed by atoms with Crippen LogP contribution in [0.25, 0.3) is 44.6 Å². The Labute approximate surface area is 346 Å². The first-order valence-corrected chi connectivity index (χ1v) is 19.6. The molecule has 0 spiro atoms. The molecule has 1 fully saturated rings. The summed E-state index contributed by atoms with van der Waals surface area (Å²) in [5.41, 5.74) is 21.2. The number of fused-ring (bicyclic) bond motifs is 2. The van der Waals surface area contributed by atoms with Crippen LogP contribution in [0, 0.1) is 27.7 Å². The number of benzene rings is 2. The largest absolute Gasteiger partial charge is 0.495 e. The van der Waals surface area contributed by atoms with Crippen molar-refractivity contribution in [1.29, 1.82) is 0 Å². The Kier molecular flexibility index (Phi) is 11.2. The zero-order chi connectivity index (χ0) is 41.4. The summed E-state index contributed by atoms with van der Waals surface area (Å²) in [5.74, 6) is 1.62. The van der Waals surface area contributed by atoms with Gasteiger partial charge in [-0.1, -0.05) is 17.7 Å². The summed E-state index contributed by atoms with van der Waals surface area (Å²) in [6, 6.07) is 24.1. The van der Waals surface area contributed by atoms with Crippen molar-refractivity contribution in [3.63, 3.8) is 0 Å². The quantitative estimate of drug-likeness (QED) is 0.165. The molecule has 4 N–H and O–H groups in total. The topological polar surface area (TPSA) is 158 Å². The fraction of sp³-hybridized carbons (Fsp3) is 0.227. The number of hydrogen-bond acceptors (Lipinski definition) is 10. The molecule has 0 aliphatic carbocycles. The Balaban J connectivity index is 0.000000149. The summed E-state index contributed by atoms with van der Waals surface area (Å²) >= 11 is 3.22. The minimum atomic E-state index is -0.391. The van der Waals surface area contributed by atoms with Gasteiger partial charge in [0.15, 0.2) is 11.6 Å². The molecule has 1 saturated heterocycles. The Hall–Kier alpha value is -5.96. The third-order valence-corrected chi connectivity index (χ3v) is 10.8. The number of halogens is 1. The van der Waals surface area contributed by atoms with Crippen LogP contribution in [0.3, 0.4) is 0 Å². The molecule has 1 aliphatic rings. The minimum Gasteiger partial charge on any atom is -0.399 e. The SMILES string of the molecule is Cc1cccc(-n2ncc3cc(C)c(-c4cncc(N)c4)cc32)n1.Cc1cccc(-n2ncc3cc(C)c(B4OC(C)(C)C(C)(C)O4)cc32)n1.Nc1cncc(Br)c1. The van der Waals surface area contributed by atoms with E-state index in [2.05, 4.69) is 112 Å². The van der Waals surface area contributed by atoms with Gasteiger partial charge in [-0.05, 0) is 149 Å². The third-order valence-electron chi connectivity index (χ3n) is 10.4. The van der Waals surface area contributed by atoms with Crippen LogP contribution in [0.4, 0.5) is 11.4 Å². The van der Waals surface area contributed by atoms with Crippen molar-refractivity contribution >= 4 is 61.7 Å². The van der Waals surface area contributed by atoms with Crippen LogP contribution in [0.5, 0.6) is 0 Å². The molecular formula is C44H46BBrN10O2. The van der Waals surface area contributed by atoms with Crippen LogP contribution in [-0.4, -0.2) is 57.8 Å². The summed E-state index contributed by atoms with van der Waals surface area (Å²) in [4.78, 5) is 17.2. The second-order valence-electron chi connectivity index (χ2n) is 15.4. The highest BCUT2D eigenvalue weighted by Gasteiger charge is 2.52. The van der Waals surface area contributed by atoms with Crippen LogP contribution >= 0.6 is 15.9 Å². The fourth-order valence-electron chi connectivity index (χ4n) is 6.62. The van der Waals surface area contributed by atoms with Crippen molar-refractivity contribution in [1.82, 2.24) is 39.5 Å². The summed E-state index contributed by atoms with van der Waals surface area (Å²) in [6.45, 7) is 16.4. The average Bonchev–Trinajstić information content (AvgIpc) is 3.83. The third kappa shape index (κ3) is 8.49. The van der Waals surface area contributed by atoms with Crippen molar-refractivity contribution < 1.29 is 9.31 Å². The van der Waals surface area contributed by atoms with E-state index in [-0.39, 0.29) is 11.2 Å². The number of nitrogens with two attached hydrogens (primary N) is 2. The van der Waals surface area contributed by atoms with Crippen molar-refractivity contribution in [3.05, 3.63) is 137 Å². The maximum absolute atomic E-state index is 6.25. The first-order chi connectivity index (χ1) is 27.6. The molecule has 8 aromatic rings. The molecule has 0 unspecified atom stereocenters. The van der Waals surface area contributed by atoms with E-state index in [0.717, 1.165) is 77.0 Å². The van der Waals surface area contributed by atoms with Gasteiger partial charge in [-0.3, -0.25) is 9.97 Å². The lowest BCUT2D eigenvalue weighted by atomic mass is 9.76. The zero-order valence-corrected chi connectivity index (χ0v) is 35.5. The molecule has 58 heavy (non-hydrogen) atoms. The molecule has 0 radical (unpaired) electrons. The number of rotatable bonds is 4. The second-order valence-corrected chi connectivity index (χ2v) is 16.3. The first-order valence-electron chi connectivity index (χ1n) is 18.9. The maximum Gasteiger partial charge on any atom is 0.495 e. The van der Waals surface area contributed by atoms with Gasteiger partial charge < -0.3 is 20.8 Å². The Morgan fingerprint density at radius 3 is 1.62 bits per heavy atom. The van der Waals surface area contributed by atoms with Gasteiger partial charge in [0, 0.05) is 57.0 Å². The van der Waals surface area contributed by atoms with Gasteiger partial charge in [0.25, 0.3) is 0 Å². The smallest absolute Gasteiger partial charge is 0.399 e. The van der Waals surface area contributed by atoms with Crippen molar-refractivity contribution in [2.45, 2.75) is 66.6 Å². The van der Waals surface area contributed by atoms with Crippen LogP contribution < -0.4 is 16.9 Å². The minimum absolute atomic E-state index is 0.364. The van der Waals surface area contributed by atoms with Gasteiger partial charge in [0.1, 0.15) is 0 Å². The van der Waals surface area contributed by atoms with E-state index >= 15 is 0 Å². The standard InChI is InChI=1S/C20H24BN3O2.C19H17N5.C5H5BrN2/c1-13-10-15-12-22-24(18-9-7-8-14(2)23-18)17(15)11-16(13)21-25-19(3,4)20(5,6)26-21;1-12-6-15-10-22-24(19-5-3-4-13(2)23-19)18(15)8-17(12)14-7-16(20)11-21-9-14;6-4-1-5(7)3-8-2-4/h7-12H,1-6H3;3-11H,20H2,1-2H3;1-3H,7H2. The van der Waals surface area contributed by atoms with Gasteiger partial charge in [-0.25, -0.2) is 19.3 Å². The van der Waals surface area contributed by atoms with Crippen molar-refractivity contribution in [3.8, 4) is 22.8 Å². The van der Waals surface area contributed by atoms with Gasteiger partial charge >= 0.3 is 7.12 Å². The number of aromatic nitrogens is 8. The monoisotopic (exact) mass is 836 g/mol. The predicted octanol–water partition coefficient (Wildman–Crippen LogP) is 8.44. The Morgan fingerprint density at radius 1 is 0.603 bits per heavy atom. The molecule has 0 bridgehead atoms. The number of nitrogens with zero attached hydrogens (tertiary/aromatic N) is 8. The highest BCUT2D eigenvalue weighted by atomic mass is 79.9. The highest BCUT2D eigenvalue weighted by molar-refractivity contribution is 9.10. The fourth-order valence-corrected chi connectivity index (χ4v) is 7.00. The Morgan fingerprint density at radius 2 is 1.12 bits per heavy atom. The second kappa shape index (κ2) is 16.1. The van der Waals surface area contributed by atoms with E-state index in [1.165, 1.54) is 0 Å². The van der Waals surface area contributed by atoms with Gasteiger partial charge in [-0.15, -0.1) is 0 Å². The molecule has 0 atom stereocenters. The molecule has 12 nitrogen and oxygen atoms in total. The van der Waals surface area contributed by atoms with E-state index in [1.807, 2.05) is 84.3 Å². The number of pyridine rings is 4. The van der Waals surface area contributed by atoms with Gasteiger partial charge in [-0.2, -0.15) is 10.2 Å². The number of nitrogen functional groups attached to an aromatic ring is 2. The molecule has 9 rings (SSSR count). The average molecular weight is 838 g/mol. The molecule has 294 valence electrons. The summed E-state index contributed by atoms with van der Waals surface area (Å²) in [7, 11) is -0.391. The van der Waals surface area contributed by atoms with E-state index in [1.54, 1.807) is 24.7 Å². The molecule has 7 heterocycles. The number of anilines is 2. The zero-order valence-electron chi connectivity index (χ0n) is 33.9. The lowest BCUT2D eigenvalue weighted by molar-refractivity contribution is 0.00578. The van der Waals surface area contributed by atoms with E-state index in [0.29, 0.717) is 11.4 Å². The van der Waals surface area contributed by atoms with E-state index < -0.39 is 7.12 Å². The first kappa shape index (κ1) is 40.2. The van der Waals surface area contributed by atoms with Crippen molar-refractivity contribution in [2.75, 3.05) is 11.5 Å². The van der Waals surface area contributed by atoms with Crippen molar-refractivity contribution in [2.24, 2.45) is 0 Å². The number of hydrogen-bond donors (Lipinski definition) is 2. The lowest BCUT2D eigenvalue weighted by Gasteiger charge is -2.32. The summed E-state index contributed by atoms with van der Waals surface area (Å²) < 4.78 is 17.2. The molecule has 6 aromatic heterocycles. The molecule has 0 amide bonds. The van der Waals surface area contributed by atoms with Gasteiger partial charge in [0.05, 0.1) is 46.0 Å². The number of aryl methyl sites for hydroxylation is 4.